The van der Waals surface area contributed by atoms with Crippen LogP contribution in [0.2, 0.25) is 0 Å². The van der Waals surface area contributed by atoms with Crippen LogP contribution < -0.4 is 16.6 Å². The second kappa shape index (κ2) is 4.20. The van der Waals surface area contributed by atoms with E-state index in [0.29, 0.717) is 6.04 Å². The minimum absolute atomic E-state index is 0.248. The number of guanidine groups is 1. The number of hydrogen-bond donors (Lipinski definition) is 3. The average Bonchev–Trinajstić information content (AvgIpc) is 2.81. The predicted octanol–water partition coefficient (Wildman–Crippen LogP) is -0.177. The number of alkyl halides is 2. The largest absolute Gasteiger partial charge is 0.353 e. The van der Waals surface area contributed by atoms with Gasteiger partial charge in [-0.1, -0.05) is 0 Å². The van der Waals surface area contributed by atoms with Crippen LogP contribution in [0.1, 0.15) is 12.8 Å². The quantitative estimate of drug-likeness (QED) is 0.243. The molecule has 6 heteroatoms. The van der Waals surface area contributed by atoms with Crippen LogP contribution >= 0.6 is 0 Å². The first-order valence-corrected chi connectivity index (χ1v) is 3.78. The average molecular weight is 178 g/mol. The van der Waals surface area contributed by atoms with Crippen molar-refractivity contribution >= 4 is 5.96 Å². The molecule has 1 aliphatic carbocycles. The molecule has 12 heavy (non-hydrogen) atoms. The van der Waals surface area contributed by atoms with Crippen LogP contribution in [0.25, 0.3) is 0 Å². The van der Waals surface area contributed by atoms with Crippen LogP contribution in [0.4, 0.5) is 8.78 Å². The van der Waals surface area contributed by atoms with Crippen LogP contribution in [0, 0.1) is 0 Å². The van der Waals surface area contributed by atoms with Gasteiger partial charge in [0.05, 0.1) is 0 Å². The van der Waals surface area contributed by atoms with Crippen molar-refractivity contribution in [3.63, 3.8) is 0 Å². The van der Waals surface area contributed by atoms with Crippen molar-refractivity contribution in [3.05, 3.63) is 0 Å². The number of nitrogens with zero attached hydrogens (tertiary/aromatic N) is 1. The molecule has 0 atom stereocenters. The third kappa shape index (κ3) is 3.47. The maximum absolute atomic E-state index is 11.7. The van der Waals surface area contributed by atoms with Crippen LogP contribution in [0.3, 0.4) is 0 Å². The Labute approximate surface area is 69.2 Å². The number of nitrogens with one attached hydrogen (secondary N) is 2. The van der Waals surface area contributed by atoms with Gasteiger partial charge in [0, 0.05) is 6.04 Å². The Bertz CT molecular complexity index is 167. The molecule has 1 rings (SSSR count). The summed E-state index contributed by atoms with van der Waals surface area (Å²) in [5.74, 6) is 5.29. The van der Waals surface area contributed by atoms with E-state index in [1.54, 1.807) is 0 Å². The molecular formula is C6H12F2N4. The van der Waals surface area contributed by atoms with Crippen molar-refractivity contribution in [2.24, 2.45) is 10.8 Å². The van der Waals surface area contributed by atoms with Gasteiger partial charge >= 0.3 is 0 Å². The van der Waals surface area contributed by atoms with E-state index in [0.717, 1.165) is 12.8 Å². The highest BCUT2D eigenvalue weighted by Gasteiger charge is 2.22. The summed E-state index contributed by atoms with van der Waals surface area (Å²) in [4.78, 5) is 3.54. The number of aliphatic imine (C=N–C) groups is 1. The van der Waals surface area contributed by atoms with E-state index in [4.69, 9.17) is 5.84 Å². The Morgan fingerprint density at radius 3 is 2.67 bits per heavy atom. The van der Waals surface area contributed by atoms with Gasteiger partial charge in [0.15, 0.2) is 0 Å². The van der Waals surface area contributed by atoms with Crippen molar-refractivity contribution in [1.29, 1.82) is 0 Å². The van der Waals surface area contributed by atoms with Crippen LogP contribution in [-0.4, -0.2) is 25.0 Å². The van der Waals surface area contributed by atoms with Crippen molar-refractivity contribution < 1.29 is 8.78 Å². The zero-order valence-corrected chi connectivity index (χ0v) is 6.56. The summed E-state index contributed by atoms with van der Waals surface area (Å²) in [6, 6.07) is 0.359. The number of halogens is 2. The molecule has 0 saturated heterocycles. The van der Waals surface area contributed by atoms with E-state index in [-0.39, 0.29) is 5.96 Å². The molecule has 0 aliphatic heterocycles. The Morgan fingerprint density at radius 2 is 2.25 bits per heavy atom. The standard InChI is InChI=1S/C6H12F2N4/c7-5(8)3-10-6(12-9)11-4-1-2-4/h4-5H,1-3,9H2,(H2,10,11,12). The molecule has 0 spiro atoms. The van der Waals surface area contributed by atoms with E-state index in [9.17, 15) is 8.78 Å². The molecule has 4 N–H and O–H groups in total. The smallest absolute Gasteiger partial charge is 0.257 e. The van der Waals surface area contributed by atoms with Gasteiger partial charge in [0.2, 0.25) is 5.96 Å². The molecule has 0 amide bonds. The monoisotopic (exact) mass is 178 g/mol. The zero-order valence-electron chi connectivity index (χ0n) is 6.56. The molecule has 0 aromatic heterocycles. The van der Waals surface area contributed by atoms with Gasteiger partial charge in [0.25, 0.3) is 6.43 Å². The molecule has 0 aromatic carbocycles. The fourth-order valence-electron chi connectivity index (χ4n) is 0.714. The first kappa shape index (κ1) is 9.18. The first-order chi connectivity index (χ1) is 5.72. The zero-order chi connectivity index (χ0) is 8.97. The fourth-order valence-corrected chi connectivity index (χ4v) is 0.714. The van der Waals surface area contributed by atoms with Gasteiger partial charge in [-0.15, -0.1) is 0 Å². The third-order valence-electron chi connectivity index (χ3n) is 1.44. The van der Waals surface area contributed by atoms with Gasteiger partial charge in [-0.25, -0.2) is 19.6 Å². The normalized spacial score (nSPS) is 18.2. The molecule has 1 aliphatic rings. The molecule has 0 heterocycles. The SMILES string of the molecule is NNC(=NCC(F)F)NC1CC1. The maximum Gasteiger partial charge on any atom is 0.257 e. The van der Waals surface area contributed by atoms with E-state index in [1.165, 1.54) is 0 Å². The highest BCUT2D eigenvalue weighted by Crippen LogP contribution is 2.18. The molecule has 1 saturated carbocycles. The van der Waals surface area contributed by atoms with Crippen molar-refractivity contribution in [2.45, 2.75) is 25.3 Å². The number of hydrazine groups is 1. The van der Waals surface area contributed by atoms with Gasteiger partial charge in [0.1, 0.15) is 6.54 Å². The Morgan fingerprint density at radius 1 is 1.58 bits per heavy atom. The highest BCUT2D eigenvalue weighted by atomic mass is 19.3. The number of rotatable bonds is 3. The van der Waals surface area contributed by atoms with Crippen LogP contribution in [-0.2, 0) is 0 Å². The molecule has 0 aromatic rings. The van der Waals surface area contributed by atoms with E-state index >= 15 is 0 Å². The lowest BCUT2D eigenvalue weighted by molar-refractivity contribution is 0.158. The summed E-state index contributed by atoms with van der Waals surface area (Å²) in [6.45, 7) is -0.515. The summed E-state index contributed by atoms with van der Waals surface area (Å²) in [5, 5.41) is 2.88. The van der Waals surface area contributed by atoms with Crippen molar-refractivity contribution in [1.82, 2.24) is 10.7 Å². The van der Waals surface area contributed by atoms with Crippen molar-refractivity contribution in [3.8, 4) is 0 Å². The third-order valence-corrected chi connectivity index (χ3v) is 1.44. The lowest BCUT2D eigenvalue weighted by Gasteiger charge is -2.06. The molecule has 1 fully saturated rings. The topological polar surface area (TPSA) is 62.4 Å². The molecule has 0 unspecified atom stereocenters. The summed E-state index contributed by atoms with van der Waals surface area (Å²) in [6.07, 6.45) is -0.320. The molecule has 70 valence electrons. The minimum Gasteiger partial charge on any atom is -0.353 e. The predicted molar refractivity (Wildman–Crippen MR) is 41.8 cm³/mol. The summed E-state index contributed by atoms with van der Waals surface area (Å²) < 4.78 is 23.4. The number of nitrogens with two attached hydrogens (primary N) is 1. The van der Waals surface area contributed by atoms with Gasteiger partial charge in [-0.2, -0.15) is 0 Å². The van der Waals surface area contributed by atoms with Gasteiger partial charge in [-0.3, -0.25) is 5.43 Å². The van der Waals surface area contributed by atoms with E-state index in [1.807, 2.05) is 0 Å². The fraction of sp³-hybridized carbons (Fsp3) is 0.833. The lowest BCUT2D eigenvalue weighted by Crippen LogP contribution is -2.42. The first-order valence-electron chi connectivity index (χ1n) is 3.78. The summed E-state index contributed by atoms with van der Waals surface area (Å²) >= 11 is 0. The second-order valence-electron chi connectivity index (χ2n) is 2.64. The summed E-state index contributed by atoms with van der Waals surface area (Å²) in [5.41, 5.74) is 2.23. The van der Waals surface area contributed by atoms with Gasteiger partial charge < -0.3 is 5.32 Å². The van der Waals surface area contributed by atoms with E-state index in [2.05, 4.69) is 15.7 Å². The van der Waals surface area contributed by atoms with Crippen LogP contribution in [0.15, 0.2) is 4.99 Å². The number of hydrogen-bond acceptors (Lipinski definition) is 2. The Kier molecular flexibility index (Phi) is 3.21. The van der Waals surface area contributed by atoms with Gasteiger partial charge in [-0.05, 0) is 12.8 Å². The molecule has 4 nitrogen and oxygen atoms in total. The Hall–Kier alpha value is -0.910. The summed E-state index contributed by atoms with van der Waals surface area (Å²) in [7, 11) is 0. The minimum atomic E-state index is -2.42. The molecule has 0 radical (unpaired) electrons. The maximum atomic E-state index is 11.7. The van der Waals surface area contributed by atoms with E-state index < -0.39 is 13.0 Å². The van der Waals surface area contributed by atoms with Crippen molar-refractivity contribution in [2.75, 3.05) is 6.54 Å². The van der Waals surface area contributed by atoms with Crippen LogP contribution in [0.5, 0.6) is 0 Å². The molecule has 0 bridgehead atoms. The Balaban J connectivity index is 2.25. The molecular weight excluding hydrogens is 166 g/mol. The lowest BCUT2D eigenvalue weighted by atomic mass is 10.6. The highest BCUT2D eigenvalue weighted by molar-refractivity contribution is 5.79. The second-order valence-corrected chi connectivity index (χ2v) is 2.64.